The van der Waals surface area contributed by atoms with Crippen molar-refractivity contribution >= 4 is 0 Å². The lowest BCUT2D eigenvalue weighted by Crippen LogP contribution is -2.52. The van der Waals surface area contributed by atoms with Gasteiger partial charge in [0.2, 0.25) is 0 Å². The van der Waals surface area contributed by atoms with Gasteiger partial charge in [-0.15, -0.1) is 0 Å². The second-order valence-electron chi connectivity index (χ2n) is 4.98. The molecule has 3 nitrogen and oxygen atoms in total. The predicted octanol–water partition coefficient (Wildman–Crippen LogP) is 2.14. The third-order valence-corrected chi connectivity index (χ3v) is 3.96. The molecule has 1 N–H and O–H groups in total. The van der Waals surface area contributed by atoms with Crippen molar-refractivity contribution in [1.82, 2.24) is 5.32 Å². The number of rotatable bonds is 1. The molecule has 0 amide bonds. The maximum atomic E-state index is 8.78. The molecule has 0 bridgehead atoms. The second-order valence-corrected chi connectivity index (χ2v) is 4.98. The van der Waals surface area contributed by atoms with E-state index in [9.17, 15) is 0 Å². The van der Waals surface area contributed by atoms with Gasteiger partial charge in [0.1, 0.15) is 0 Å². The molecule has 0 radical (unpaired) electrons. The van der Waals surface area contributed by atoms with E-state index in [0.717, 1.165) is 31.6 Å². The summed E-state index contributed by atoms with van der Waals surface area (Å²) in [6, 6.07) is 10.4. The van der Waals surface area contributed by atoms with Crippen LogP contribution in [-0.2, 0) is 4.74 Å². The number of nitriles is 1. The van der Waals surface area contributed by atoms with Crippen molar-refractivity contribution in [1.29, 1.82) is 5.26 Å². The molecule has 0 saturated carbocycles. The monoisotopic (exact) mass is 228 g/mol. The number of benzene rings is 1. The zero-order valence-electron chi connectivity index (χ0n) is 9.78. The summed E-state index contributed by atoms with van der Waals surface area (Å²) in [5.74, 6) is 0. The maximum absolute atomic E-state index is 8.78. The molecule has 2 heterocycles. The standard InChI is InChI=1S/C14H16N2O/c15-10-11-1-3-12(4-2-11)13-9-14(5-7-16-13)6-8-17-14/h1-4,13,16H,5-9H2. The smallest absolute Gasteiger partial charge is 0.0991 e. The summed E-state index contributed by atoms with van der Waals surface area (Å²) in [5.41, 5.74) is 2.13. The number of nitrogens with zero attached hydrogens (tertiary/aromatic N) is 1. The Balaban J connectivity index is 1.76. The van der Waals surface area contributed by atoms with Gasteiger partial charge in [-0.1, -0.05) is 12.1 Å². The van der Waals surface area contributed by atoms with Gasteiger partial charge in [-0.25, -0.2) is 0 Å². The van der Waals surface area contributed by atoms with E-state index >= 15 is 0 Å². The van der Waals surface area contributed by atoms with Crippen LogP contribution in [0.2, 0.25) is 0 Å². The van der Waals surface area contributed by atoms with Crippen LogP contribution >= 0.6 is 0 Å². The number of hydrogen-bond donors (Lipinski definition) is 1. The third-order valence-electron chi connectivity index (χ3n) is 3.96. The van der Waals surface area contributed by atoms with Crippen LogP contribution < -0.4 is 5.32 Å². The van der Waals surface area contributed by atoms with Crippen LogP contribution in [0.3, 0.4) is 0 Å². The van der Waals surface area contributed by atoms with E-state index in [1.807, 2.05) is 24.3 Å². The molecular weight excluding hydrogens is 212 g/mol. The average molecular weight is 228 g/mol. The largest absolute Gasteiger partial charge is 0.375 e. The van der Waals surface area contributed by atoms with Crippen molar-refractivity contribution < 1.29 is 4.74 Å². The molecule has 3 rings (SSSR count). The second kappa shape index (κ2) is 4.14. The molecule has 1 aromatic rings. The summed E-state index contributed by atoms with van der Waals surface area (Å²) >= 11 is 0. The summed E-state index contributed by atoms with van der Waals surface area (Å²) in [6.07, 6.45) is 3.38. The van der Waals surface area contributed by atoms with Gasteiger partial charge in [0.05, 0.1) is 23.8 Å². The van der Waals surface area contributed by atoms with Gasteiger partial charge in [0.15, 0.2) is 0 Å². The first-order valence-corrected chi connectivity index (χ1v) is 6.19. The van der Waals surface area contributed by atoms with Crippen LogP contribution in [0.25, 0.3) is 0 Å². The van der Waals surface area contributed by atoms with Crippen LogP contribution in [0.5, 0.6) is 0 Å². The van der Waals surface area contributed by atoms with E-state index in [1.165, 1.54) is 12.0 Å². The fourth-order valence-electron chi connectivity index (χ4n) is 2.80. The summed E-state index contributed by atoms with van der Waals surface area (Å²) in [7, 11) is 0. The van der Waals surface area contributed by atoms with Gasteiger partial charge in [-0.05, 0) is 43.5 Å². The van der Waals surface area contributed by atoms with E-state index in [1.54, 1.807) is 0 Å². The first kappa shape index (κ1) is 10.8. The Morgan fingerprint density at radius 1 is 1.29 bits per heavy atom. The highest BCUT2D eigenvalue weighted by molar-refractivity contribution is 5.33. The highest BCUT2D eigenvalue weighted by Gasteiger charge is 2.42. The molecule has 1 aromatic carbocycles. The molecule has 1 spiro atoms. The van der Waals surface area contributed by atoms with E-state index in [2.05, 4.69) is 11.4 Å². The Bertz CT molecular complexity index is 442. The van der Waals surface area contributed by atoms with E-state index < -0.39 is 0 Å². The SMILES string of the molecule is N#Cc1ccc(C2CC3(CCN2)CCO3)cc1. The fourth-order valence-corrected chi connectivity index (χ4v) is 2.80. The highest BCUT2D eigenvalue weighted by Crippen LogP contribution is 2.40. The Morgan fingerprint density at radius 2 is 2.06 bits per heavy atom. The van der Waals surface area contributed by atoms with Gasteiger partial charge >= 0.3 is 0 Å². The predicted molar refractivity (Wildman–Crippen MR) is 64.4 cm³/mol. The molecule has 2 aliphatic rings. The first-order valence-electron chi connectivity index (χ1n) is 6.19. The van der Waals surface area contributed by atoms with Crippen LogP contribution in [0, 0.1) is 11.3 Å². The van der Waals surface area contributed by atoms with Crippen LogP contribution in [0.4, 0.5) is 0 Å². The van der Waals surface area contributed by atoms with Gasteiger partial charge in [-0.2, -0.15) is 5.26 Å². The minimum atomic E-state index is 0.143. The topological polar surface area (TPSA) is 45.0 Å². The van der Waals surface area contributed by atoms with Gasteiger partial charge in [0, 0.05) is 6.04 Å². The third kappa shape index (κ3) is 1.95. The molecule has 88 valence electrons. The molecule has 17 heavy (non-hydrogen) atoms. The van der Waals surface area contributed by atoms with Crippen molar-refractivity contribution in [3.63, 3.8) is 0 Å². The number of piperidine rings is 1. The van der Waals surface area contributed by atoms with Gasteiger partial charge < -0.3 is 10.1 Å². The summed E-state index contributed by atoms with van der Waals surface area (Å²) < 4.78 is 5.76. The molecule has 2 aliphatic heterocycles. The van der Waals surface area contributed by atoms with Crippen LogP contribution in [0.15, 0.2) is 24.3 Å². The number of hydrogen-bond acceptors (Lipinski definition) is 3. The van der Waals surface area contributed by atoms with Crippen molar-refractivity contribution in [3.8, 4) is 6.07 Å². The van der Waals surface area contributed by atoms with E-state index in [0.29, 0.717) is 6.04 Å². The summed E-state index contributed by atoms with van der Waals surface area (Å²) in [4.78, 5) is 0. The quantitative estimate of drug-likeness (QED) is 0.801. The lowest BCUT2D eigenvalue weighted by atomic mass is 9.80. The minimum Gasteiger partial charge on any atom is -0.375 e. The Morgan fingerprint density at radius 3 is 2.65 bits per heavy atom. The van der Waals surface area contributed by atoms with Gasteiger partial charge in [0.25, 0.3) is 0 Å². The van der Waals surface area contributed by atoms with Crippen molar-refractivity contribution in [3.05, 3.63) is 35.4 Å². The minimum absolute atomic E-state index is 0.143. The number of nitrogens with one attached hydrogen (secondary N) is 1. The lowest BCUT2D eigenvalue weighted by molar-refractivity contribution is -0.168. The van der Waals surface area contributed by atoms with E-state index in [-0.39, 0.29) is 5.60 Å². The molecule has 2 unspecified atom stereocenters. The molecule has 3 heteroatoms. The average Bonchev–Trinajstić information content (AvgIpc) is 2.37. The molecule has 2 fully saturated rings. The molecule has 0 aromatic heterocycles. The zero-order valence-corrected chi connectivity index (χ0v) is 9.78. The van der Waals surface area contributed by atoms with Gasteiger partial charge in [-0.3, -0.25) is 0 Å². The van der Waals surface area contributed by atoms with E-state index in [4.69, 9.17) is 10.00 Å². The zero-order chi connectivity index (χ0) is 11.7. The van der Waals surface area contributed by atoms with Crippen LogP contribution in [0.1, 0.15) is 36.4 Å². The lowest BCUT2D eigenvalue weighted by Gasteiger charge is -2.47. The van der Waals surface area contributed by atoms with Crippen molar-refractivity contribution in [2.75, 3.05) is 13.2 Å². The summed E-state index contributed by atoms with van der Waals surface area (Å²) in [6.45, 7) is 1.94. The Labute approximate surface area is 101 Å². The normalized spacial score (nSPS) is 31.8. The van der Waals surface area contributed by atoms with Crippen LogP contribution in [-0.4, -0.2) is 18.8 Å². The molecule has 2 atom stereocenters. The van der Waals surface area contributed by atoms with Crippen molar-refractivity contribution in [2.24, 2.45) is 0 Å². The first-order chi connectivity index (χ1) is 8.31. The van der Waals surface area contributed by atoms with Crippen molar-refractivity contribution in [2.45, 2.75) is 30.9 Å². The number of ether oxygens (including phenoxy) is 1. The molecule has 2 saturated heterocycles. The fraction of sp³-hybridized carbons (Fsp3) is 0.500. The highest BCUT2D eigenvalue weighted by atomic mass is 16.5. The Kier molecular flexibility index (Phi) is 2.62. The molecule has 0 aliphatic carbocycles. The Hall–Kier alpha value is -1.37. The molecular formula is C14H16N2O. The summed E-state index contributed by atoms with van der Waals surface area (Å²) in [5, 5.41) is 12.3. The maximum Gasteiger partial charge on any atom is 0.0991 e.